The first-order valence-corrected chi connectivity index (χ1v) is 11.0. The third-order valence-corrected chi connectivity index (χ3v) is 7.05. The molecule has 0 spiro atoms. The Hall–Kier alpha value is -1.33. The van der Waals surface area contributed by atoms with Crippen LogP contribution in [0.15, 0.2) is 30.3 Å². The number of aliphatic hydroxyl groups is 1. The molecule has 22 heavy (non-hydrogen) atoms. The Morgan fingerprint density at radius 3 is 2.36 bits per heavy atom. The summed E-state index contributed by atoms with van der Waals surface area (Å²) in [5, 5.41) is 13.6. The second-order valence-corrected chi connectivity index (χ2v) is 12.2. The van der Waals surface area contributed by atoms with Crippen molar-refractivity contribution in [3.63, 3.8) is 0 Å². The summed E-state index contributed by atoms with van der Waals surface area (Å²) >= 11 is 0. The highest BCUT2D eigenvalue weighted by atomic mass is 28.3. The zero-order valence-corrected chi connectivity index (χ0v) is 15.3. The van der Waals surface area contributed by atoms with Crippen molar-refractivity contribution in [3.05, 3.63) is 30.3 Å². The molecule has 0 aliphatic carbocycles. The third kappa shape index (κ3) is 6.62. The van der Waals surface area contributed by atoms with Crippen molar-refractivity contribution in [2.75, 3.05) is 6.61 Å². The Morgan fingerprint density at radius 2 is 1.86 bits per heavy atom. The van der Waals surface area contributed by atoms with Crippen molar-refractivity contribution < 1.29 is 14.6 Å². The Bertz CT molecular complexity index is 469. The number of rotatable bonds is 6. The predicted molar refractivity (Wildman–Crippen MR) is 93.2 cm³/mol. The van der Waals surface area contributed by atoms with Gasteiger partial charge in [-0.1, -0.05) is 54.7 Å². The van der Waals surface area contributed by atoms with Gasteiger partial charge in [-0.3, -0.25) is 0 Å². The molecule has 1 aromatic rings. The molecule has 124 valence electrons. The van der Waals surface area contributed by atoms with Gasteiger partial charge >= 0.3 is 6.09 Å². The maximum absolute atomic E-state index is 11.8. The Balaban J connectivity index is 2.55. The summed E-state index contributed by atoms with van der Waals surface area (Å²) in [6, 6.07) is 11.2. The van der Waals surface area contributed by atoms with Crippen LogP contribution < -0.4 is 10.5 Å². The van der Waals surface area contributed by atoms with Gasteiger partial charge in [0.2, 0.25) is 0 Å². The first-order valence-electron chi connectivity index (χ1n) is 7.80. The van der Waals surface area contributed by atoms with Crippen molar-refractivity contribution in [1.82, 2.24) is 5.32 Å². The second kappa shape index (κ2) is 7.79. The minimum atomic E-state index is -1.56. The number of nitrogens with one attached hydrogen (secondary N) is 1. The minimum absolute atomic E-state index is 0.0709. The summed E-state index contributed by atoms with van der Waals surface area (Å²) in [6.45, 7) is 10.0. The lowest BCUT2D eigenvalue weighted by atomic mass is 10.2. The lowest BCUT2D eigenvalue weighted by Crippen LogP contribution is -2.45. The minimum Gasteiger partial charge on any atom is -0.444 e. The van der Waals surface area contributed by atoms with Crippen LogP contribution in [0.4, 0.5) is 4.79 Å². The van der Waals surface area contributed by atoms with E-state index in [2.05, 4.69) is 42.7 Å². The lowest BCUT2D eigenvalue weighted by molar-refractivity contribution is 0.0481. The van der Waals surface area contributed by atoms with E-state index < -0.39 is 19.8 Å². The normalized spacial score (nSPS) is 13.5. The molecule has 0 aliphatic rings. The van der Waals surface area contributed by atoms with Crippen LogP contribution in [-0.4, -0.2) is 37.5 Å². The fourth-order valence-corrected chi connectivity index (χ4v) is 4.71. The summed E-state index contributed by atoms with van der Waals surface area (Å²) < 4.78 is 5.24. The van der Waals surface area contributed by atoms with E-state index in [1.807, 2.05) is 26.8 Å². The summed E-state index contributed by atoms with van der Waals surface area (Å²) in [7, 11) is -1.56. The molecular formula is C17H29NO3Si. The monoisotopic (exact) mass is 323 g/mol. The van der Waals surface area contributed by atoms with E-state index in [0.29, 0.717) is 0 Å². The third-order valence-electron chi connectivity index (χ3n) is 3.61. The number of hydrogen-bond acceptors (Lipinski definition) is 3. The molecule has 0 heterocycles. The summed E-state index contributed by atoms with van der Waals surface area (Å²) in [4.78, 5) is 11.8. The molecule has 0 unspecified atom stereocenters. The van der Waals surface area contributed by atoms with Gasteiger partial charge < -0.3 is 15.2 Å². The number of carbonyl (C=O) groups excluding carboxylic acids is 1. The quantitative estimate of drug-likeness (QED) is 0.792. The average Bonchev–Trinajstić information content (AvgIpc) is 2.42. The van der Waals surface area contributed by atoms with Gasteiger partial charge in [0.05, 0.1) is 20.7 Å². The van der Waals surface area contributed by atoms with Crippen molar-refractivity contribution in [2.24, 2.45) is 0 Å². The average molecular weight is 324 g/mol. The largest absolute Gasteiger partial charge is 0.444 e. The van der Waals surface area contributed by atoms with Crippen LogP contribution in [0.25, 0.3) is 0 Å². The molecule has 0 aromatic heterocycles. The smallest absolute Gasteiger partial charge is 0.407 e. The van der Waals surface area contributed by atoms with Crippen molar-refractivity contribution in [2.45, 2.75) is 58.0 Å². The van der Waals surface area contributed by atoms with Crippen molar-refractivity contribution >= 4 is 19.4 Å². The van der Waals surface area contributed by atoms with Crippen LogP contribution in [0.5, 0.6) is 0 Å². The summed E-state index contributed by atoms with van der Waals surface area (Å²) in [6.07, 6.45) is 0.287. The highest BCUT2D eigenvalue weighted by Crippen LogP contribution is 2.15. The van der Waals surface area contributed by atoms with Gasteiger partial charge in [0.25, 0.3) is 0 Å². The van der Waals surface area contributed by atoms with Gasteiger partial charge in [0.1, 0.15) is 5.60 Å². The summed E-state index contributed by atoms with van der Waals surface area (Å²) in [5.41, 5.74) is -0.526. The van der Waals surface area contributed by atoms with Crippen LogP contribution in [0.2, 0.25) is 19.1 Å². The lowest BCUT2D eigenvalue weighted by Gasteiger charge is -2.27. The number of ether oxygens (including phenoxy) is 1. The molecular weight excluding hydrogens is 294 g/mol. The Kier molecular flexibility index (Phi) is 6.62. The number of benzene rings is 1. The molecule has 1 rings (SSSR count). The number of alkyl carbamates (subject to hydrolysis) is 1. The standard InChI is InChI=1S/C17H29NO3Si/c1-17(2,3)21-16(20)18-14(13-19)11-12-22(4,5)15-9-7-6-8-10-15/h6-10,14,19H,11-13H2,1-5H3,(H,18,20)/t14-/m1/s1. The molecule has 0 bridgehead atoms. The zero-order chi connectivity index (χ0) is 16.8. The summed E-state index contributed by atoms with van der Waals surface area (Å²) in [5.74, 6) is 0. The van der Waals surface area contributed by atoms with Gasteiger partial charge in [-0.05, 0) is 27.2 Å². The van der Waals surface area contributed by atoms with Gasteiger partial charge in [0.15, 0.2) is 0 Å². The maximum Gasteiger partial charge on any atom is 0.407 e. The molecule has 2 N–H and O–H groups in total. The van der Waals surface area contributed by atoms with Crippen LogP contribution >= 0.6 is 0 Å². The van der Waals surface area contributed by atoms with Crippen LogP contribution in [0, 0.1) is 0 Å². The highest BCUT2D eigenvalue weighted by Gasteiger charge is 2.25. The van der Waals surface area contributed by atoms with Crippen molar-refractivity contribution in [3.8, 4) is 0 Å². The first-order chi connectivity index (χ1) is 10.1. The van der Waals surface area contributed by atoms with Crippen LogP contribution in [0.1, 0.15) is 27.2 Å². The van der Waals surface area contributed by atoms with E-state index in [1.165, 1.54) is 5.19 Å². The molecule has 0 saturated heterocycles. The SMILES string of the molecule is CC(C)(C)OC(=O)N[C@@H](CO)CC[Si](C)(C)c1ccccc1. The molecule has 0 saturated carbocycles. The topological polar surface area (TPSA) is 58.6 Å². The van der Waals surface area contributed by atoms with E-state index in [-0.39, 0.29) is 12.6 Å². The number of aliphatic hydroxyl groups excluding tert-OH is 1. The molecule has 0 fully saturated rings. The highest BCUT2D eigenvalue weighted by molar-refractivity contribution is 6.89. The Labute approximate surface area is 134 Å². The van der Waals surface area contributed by atoms with E-state index in [4.69, 9.17) is 4.74 Å². The molecule has 0 radical (unpaired) electrons. The molecule has 1 aromatic carbocycles. The fourth-order valence-electron chi connectivity index (χ4n) is 2.25. The molecule has 1 atom stereocenters. The predicted octanol–water partition coefficient (Wildman–Crippen LogP) is 2.88. The number of hydrogen-bond donors (Lipinski definition) is 2. The molecule has 4 nitrogen and oxygen atoms in total. The van der Waals surface area contributed by atoms with Gasteiger partial charge in [-0.25, -0.2) is 4.79 Å². The fraction of sp³-hybridized carbons (Fsp3) is 0.588. The molecule has 5 heteroatoms. The van der Waals surface area contributed by atoms with E-state index in [1.54, 1.807) is 0 Å². The van der Waals surface area contributed by atoms with Crippen LogP contribution in [0.3, 0.4) is 0 Å². The van der Waals surface area contributed by atoms with Gasteiger partial charge in [0, 0.05) is 0 Å². The zero-order valence-electron chi connectivity index (χ0n) is 14.3. The van der Waals surface area contributed by atoms with E-state index in [0.717, 1.165) is 12.5 Å². The molecule has 0 aliphatic heterocycles. The van der Waals surface area contributed by atoms with E-state index in [9.17, 15) is 9.90 Å². The molecule has 1 amide bonds. The number of carbonyl (C=O) groups is 1. The second-order valence-electron chi connectivity index (χ2n) is 7.31. The van der Waals surface area contributed by atoms with E-state index >= 15 is 0 Å². The Morgan fingerprint density at radius 1 is 1.27 bits per heavy atom. The van der Waals surface area contributed by atoms with Crippen molar-refractivity contribution in [1.29, 1.82) is 0 Å². The number of amides is 1. The van der Waals surface area contributed by atoms with Crippen LogP contribution in [-0.2, 0) is 4.74 Å². The first kappa shape index (κ1) is 18.7. The van der Waals surface area contributed by atoms with Gasteiger partial charge in [-0.2, -0.15) is 0 Å². The maximum atomic E-state index is 11.8. The van der Waals surface area contributed by atoms with Gasteiger partial charge in [-0.15, -0.1) is 0 Å².